The van der Waals surface area contributed by atoms with Crippen molar-refractivity contribution in [3.63, 3.8) is 0 Å². The SMILES string of the molecule is Cc1cc2oc3ccccc3c2cc1N. The number of nitrogens with two attached hydrogens (primary N) is 1. The highest BCUT2D eigenvalue weighted by Gasteiger charge is 2.07. The molecule has 0 aliphatic heterocycles. The average molecular weight is 197 g/mol. The highest BCUT2D eigenvalue weighted by Crippen LogP contribution is 2.31. The van der Waals surface area contributed by atoms with E-state index in [2.05, 4.69) is 6.07 Å². The molecule has 0 saturated carbocycles. The Bertz CT molecular complexity index is 652. The van der Waals surface area contributed by atoms with Crippen LogP contribution in [0.4, 0.5) is 5.69 Å². The van der Waals surface area contributed by atoms with Crippen molar-refractivity contribution in [1.29, 1.82) is 0 Å². The predicted molar refractivity (Wildman–Crippen MR) is 62.9 cm³/mol. The first-order valence-electron chi connectivity index (χ1n) is 4.93. The monoisotopic (exact) mass is 197 g/mol. The van der Waals surface area contributed by atoms with E-state index in [4.69, 9.17) is 10.2 Å². The van der Waals surface area contributed by atoms with Gasteiger partial charge >= 0.3 is 0 Å². The molecule has 0 spiro atoms. The van der Waals surface area contributed by atoms with Crippen LogP contribution in [0.3, 0.4) is 0 Å². The van der Waals surface area contributed by atoms with E-state index in [9.17, 15) is 0 Å². The Kier molecular flexibility index (Phi) is 1.54. The lowest BCUT2D eigenvalue weighted by molar-refractivity contribution is 0.668. The first kappa shape index (κ1) is 8.36. The molecule has 0 atom stereocenters. The molecule has 0 bridgehead atoms. The second kappa shape index (κ2) is 2.76. The number of nitrogen functional groups attached to an aromatic ring is 1. The van der Waals surface area contributed by atoms with Crippen molar-refractivity contribution in [2.45, 2.75) is 6.92 Å². The fourth-order valence-corrected chi connectivity index (χ4v) is 1.89. The van der Waals surface area contributed by atoms with Gasteiger partial charge in [0.25, 0.3) is 0 Å². The Hall–Kier alpha value is -1.96. The normalized spacial score (nSPS) is 11.3. The molecule has 1 aromatic heterocycles. The third-order valence-corrected chi connectivity index (χ3v) is 2.77. The molecule has 2 aromatic carbocycles. The quantitative estimate of drug-likeness (QED) is 0.560. The summed E-state index contributed by atoms with van der Waals surface area (Å²) in [5.74, 6) is 0. The van der Waals surface area contributed by atoms with Crippen molar-refractivity contribution < 1.29 is 4.42 Å². The molecular weight excluding hydrogens is 186 g/mol. The van der Waals surface area contributed by atoms with Crippen LogP contribution in [-0.4, -0.2) is 0 Å². The van der Waals surface area contributed by atoms with E-state index < -0.39 is 0 Å². The summed E-state index contributed by atoms with van der Waals surface area (Å²) in [4.78, 5) is 0. The molecule has 0 saturated heterocycles. The van der Waals surface area contributed by atoms with Crippen molar-refractivity contribution in [2.24, 2.45) is 0 Å². The summed E-state index contributed by atoms with van der Waals surface area (Å²) in [7, 11) is 0. The van der Waals surface area contributed by atoms with Crippen LogP contribution >= 0.6 is 0 Å². The van der Waals surface area contributed by atoms with Gasteiger partial charge in [0.15, 0.2) is 0 Å². The van der Waals surface area contributed by atoms with E-state index in [0.29, 0.717) is 0 Å². The lowest BCUT2D eigenvalue weighted by atomic mass is 10.1. The van der Waals surface area contributed by atoms with E-state index in [0.717, 1.165) is 33.2 Å². The molecule has 1 heterocycles. The Morgan fingerprint density at radius 3 is 2.67 bits per heavy atom. The van der Waals surface area contributed by atoms with Crippen molar-refractivity contribution in [2.75, 3.05) is 5.73 Å². The van der Waals surface area contributed by atoms with Gasteiger partial charge in [-0.1, -0.05) is 18.2 Å². The minimum Gasteiger partial charge on any atom is -0.456 e. The fraction of sp³-hybridized carbons (Fsp3) is 0.0769. The van der Waals surface area contributed by atoms with Gasteiger partial charge in [-0.15, -0.1) is 0 Å². The van der Waals surface area contributed by atoms with Gasteiger partial charge in [-0.3, -0.25) is 0 Å². The van der Waals surface area contributed by atoms with Crippen LogP contribution in [0.15, 0.2) is 40.8 Å². The van der Waals surface area contributed by atoms with E-state index in [1.54, 1.807) is 0 Å². The van der Waals surface area contributed by atoms with Gasteiger partial charge in [-0.25, -0.2) is 0 Å². The summed E-state index contributed by atoms with van der Waals surface area (Å²) >= 11 is 0. The van der Waals surface area contributed by atoms with Crippen LogP contribution in [0, 0.1) is 6.92 Å². The fourth-order valence-electron chi connectivity index (χ4n) is 1.89. The highest BCUT2D eigenvalue weighted by atomic mass is 16.3. The number of hydrogen-bond acceptors (Lipinski definition) is 2. The standard InChI is InChI=1S/C13H11NO/c1-8-6-13-10(7-11(8)14)9-4-2-3-5-12(9)15-13/h2-7H,14H2,1H3. The lowest BCUT2D eigenvalue weighted by Crippen LogP contribution is -1.87. The van der Waals surface area contributed by atoms with Crippen molar-refractivity contribution in [1.82, 2.24) is 0 Å². The Balaban J connectivity index is 2.56. The van der Waals surface area contributed by atoms with E-state index in [1.807, 2.05) is 37.3 Å². The number of fused-ring (bicyclic) bond motifs is 3. The second-order valence-electron chi connectivity index (χ2n) is 3.80. The Morgan fingerprint density at radius 1 is 1.00 bits per heavy atom. The van der Waals surface area contributed by atoms with E-state index in [1.165, 1.54) is 0 Å². The van der Waals surface area contributed by atoms with Gasteiger partial charge in [0, 0.05) is 16.5 Å². The predicted octanol–water partition coefficient (Wildman–Crippen LogP) is 3.48. The Labute approximate surface area is 87.3 Å². The van der Waals surface area contributed by atoms with E-state index >= 15 is 0 Å². The molecule has 0 aliphatic carbocycles. The summed E-state index contributed by atoms with van der Waals surface area (Å²) in [5, 5.41) is 2.22. The van der Waals surface area contributed by atoms with Crippen LogP contribution in [0.2, 0.25) is 0 Å². The first-order chi connectivity index (χ1) is 7.25. The number of para-hydroxylation sites is 1. The van der Waals surface area contributed by atoms with Crippen LogP contribution in [-0.2, 0) is 0 Å². The Morgan fingerprint density at radius 2 is 1.80 bits per heavy atom. The molecule has 3 rings (SSSR count). The van der Waals surface area contributed by atoms with E-state index in [-0.39, 0.29) is 0 Å². The maximum Gasteiger partial charge on any atom is 0.135 e. The van der Waals surface area contributed by atoms with Gasteiger partial charge in [-0.05, 0) is 30.7 Å². The van der Waals surface area contributed by atoms with Gasteiger partial charge in [-0.2, -0.15) is 0 Å². The van der Waals surface area contributed by atoms with Crippen LogP contribution in [0.5, 0.6) is 0 Å². The van der Waals surface area contributed by atoms with Crippen molar-refractivity contribution >= 4 is 27.6 Å². The van der Waals surface area contributed by atoms with Gasteiger partial charge in [0.05, 0.1) is 0 Å². The molecule has 3 aromatic rings. The maximum atomic E-state index is 5.89. The highest BCUT2D eigenvalue weighted by molar-refractivity contribution is 6.06. The minimum atomic E-state index is 0.814. The number of anilines is 1. The minimum absolute atomic E-state index is 0.814. The van der Waals surface area contributed by atoms with Crippen molar-refractivity contribution in [3.8, 4) is 0 Å². The maximum absolute atomic E-state index is 5.89. The summed E-state index contributed by atoms with van der Waals surface area (Å²) in [6.45, 7) is 1.99. The number of furan rings is 1. The second-order valence-corrected chi connectivity index (χ2v) is 3.80. The third-order valence-electron chi connectivity index (χ3n) is 2.77. The van der Waals surface area contributed by atoms with Crippen molar-refractivity contribution in [3.05, 3.63) is 42.0 Å². The molecule has 2 nitrogen and oxygen atoms in total. The number of hydrogen-bond donors (Lipinski definition) is 1. The summed E-state index contributed by atoms with van der Waals surface area (Å²) in [6.07, 6.45) is 0. The molecule has 15 heavy (non-hydrogen) atoms. The molecular formula is C13H11NO. The zero-order valence-electron chi connectivity index (χ0n) is 8.45. The number of rotatable bonds is 0. The average Bonchev–Trinajstić information content (AvgIpc) is 2.57. The molecule has 2 heteroatoms. The molecule has 0 unspecified atom stereocenters. The molecule has 2 N–H and O–H groups in total. The van der Waals surface area contributed by atoms with Crippen LogP contribution in [0.25, 0.3) is 21.9 Å². The topological polar surface area (TPSA) is 39.2 Å². The summed E-state index contributed by atoms with van der Waals surface area (Å²) in [5.41, 5.74) is 9.59. The molecule has 0 amide bonds. The summed E-state index contributed by atoms with van der Waals surface area (Å²) in [6, 6.07) is 12.0. The number of benzene rings is 2. The molecule has 0 fully saturated rings. The molecule has 74 valence electrons. The smallest absolute Gasteiger partial charge is 0.135 e. The van der Waals surface area contributed by atoms with Crippen LogP contribution < -0.4 is 5.73 Å². The zero-order chi connectivity index (χ0) is 10.4. The van der Waals surface area contributed by atoms with Gasteiger partial charge in [0.1, 0.15) is 11.2 Å². The van der Waals surface area contributed by atoms with Crippen LogP contribution in [0.1, 0.15) is 5.56 Å². The lowest BCUT2D eigenvalue weighted by Gasteiger charge is -1.98. The largest absolute Gasteiger partial charge is 0.456 e. The van der Waals surface area contributed by atoms with Gasteiger partial charge < -0.3 is 10.2 Å². The van der Waals surface area contributed by atoms with Gasteiger partial charge in [0.2, 0.25) is 0 Å². The third kappa shape index (κ3) is 1.11. The first-order valence-corrected chi connectivity index (χ1v) is 4.93. The zero-order valence-corrected chi connectivity index (χ0v) is 8.45. The number of aryl methyl sites for hydroxylation is 1. The molecule has 0 radical (unpaired) electrons. The molecule has 0 aliphatic rings. The summed E-state index contributed by atoms with van der Waals surface area (Å²) < 4.78 is 5.73.